The molecule has 0 bridgehead atoms. The number of hydrogen-bond donors (Lipinski definition) is 1. The van der Waals surface area contributed by atoms with Crippen molar-refractivity contribution >= 4 is 50.0 Å². The van der Waals surface area contributed by atoms with Crippen molar-refractivity contribution < 1.29 is 14.3 Å². The van der Waals surface area contributed by atoms with E-state index in [4.69, 9.17) is 9.72 Å². The molecule has 10 nitrogen and oxygen atoms in total. The van der Waals surface area contributed by atoms with E-state index >= 15 is 0 Å². The number of piperidine rings is 2. The molecular formula is C36H47N7O3S. The Bertz CT molecular complexity index is 1790. The summed E-state index contributed by atoms with van der Waals surface area (Å²) < 4.78 is 8.96. The number of hydrogen-bond acceptors (Lipinski definition) is 8. The van der Waals surface area contributed by atoms with Gasteiger partial charge in [-0.05, 0) is 103 Å². The van der Waals surface area contributed by atoms with E-state index < -0.39 is 11.8 Å². The van der Waals surface area contributed by atoms with E-state index in [1.807, 2.05) is 4.68 Å². The lowest BCUT2D eigenvalue weighted by Gasteiger charge is -2.53. The van der Waals surface area contributed by atoms with Gasteiger partial charge >= 0.3 is 11.8 Å². The van der Waals surface area contributed by atoms with Gasteiger partial charge in [0.1, 0.15) is 0 Å². The molecule has 0 aliphatic carbocycles. The fraction of sp³-hybridized carbons (Fsp3) is 0.583. The Balaban J connectivity index is 1.13. The van der Waals surface area contributed by atoms with Crippen LogP contribution in [0.3, 0.4) is 0 Å². The Hall–Kier alpha value is -3.41. The number of nitrogens with zero attached hydrogens (tertiary/aromatic N) is 6. The second-order valence-electron chi connectivity index (χ2n) is 15.2. The highest BCUT2D eigenvalue weighted by atomic mass is 32.1. The smallest absolute Gasteiger partial charge is 0.314 e. The number of thiazole rings is 1. The van der Waals surface area contributed by atoms with E-state index in [9.17, 15) is 9.59 Å². The van der Waals surface area contributed by atoms with E-state index in [0.29, 0.717) is 30.7 Å². The molecule has 4 aromatic rings. The lowest BCUT2D eigenvalue weighted by Crippen LogP contribution is -2.58. The molecule has 3 aliphatic rings. The van der Waals surface area contributed by atoms with E-state index in [0.717, 1.165) is 71.6 Å². The molecule has 0 spiro atoms. The number of aromatic nitrogens is 4. The van der Waals surface area contributed by atoms with Crippen LogP contribution in [0.25, 0.3) is 21.1 Å². The highest BCUT2D eigenvalue weighted by Crippen LogP contribution is 2.46. The summed E-state index contributed by atoms with van der Waals surface area (Å²) >= 11 is 1.79. The zero-order valence-electron chi connectivity index (χ0n) is 28.5. The lowest BCUT2D eigenvalue weighted by molar-refractivity contribution is -0.146. The Morgan fingerprint density at radius 2 is 1.81 bits per heavy atom. The Morgan fingerprint density at radius 1 is 1.02 bits per heavy atom. The summed E-state index contributed by atoms with van der Waals surface area (Å²) in [4.78, 5) is 41.4. The third-order valence-electron chi connectivity index (χ3n) is 10.9. The fourth-order valence-electron chi connectivity index (χ4n) is 8.15. The van der Waals surface area contributed by atoms with Crippen LogP contribution in [0.2, 0.25) is 0 Å². The van der Waals surface area contributed by atoms with Crippen LogP contribution in [-0.2, 0) is 14.3 Å². The summed E-state index contributed by atoms with van der Waals surface area (Å²) in [6, 6.07) is 6.22. The van der Waals surface area contributed by atoms with Crippen LogP contribution in [0.1, 0.15) is 108 Å². The van der Waals surface area contributed by atoms with Gasteiger partial charge in [0.2, 0.25) is 0 Å². The molecule has 3 aromatic heterocycles. The fourth-order valence-corrected chi connectivity index (χ4v) is 9.20. The number of amides is 2. The van der Waals surface area contributed by atoms with E-state index in [1.165, 1.54) is 5.01 Å². The summed E-state index contributed by atoms with van der Waals surface area (Å²) in [5.74, 6) is -0.508. The van der Waals surface area contributed by atoms with Crippen molar-refractivity contribution in [3.8, 4) is 0 Å². The number of benzene rings is 1. The van der Waals surface area contributed by atoms with Gasteiger partial charge in [0, 0.05) is 41.7 Å². The maximum absolute atomic E-state index is 13.9. The molecule has 3 saturated heterocycles. The van der Waals surface area contributed by atoms with Crippen LogP contribution < -0.4 is 5.32 Å². The third kappa shape index (κ3) is 6.06. The first-order valence-electron chi connectivity index (χ1n) is 17.1. The maximum Gasteiger partial charge on any atom is 0.314 e. The van der Waals surface area contributed by atoms with Crippen LogP contribution in [0, 0.1) is 5.92 Å². The van der Waals surface area contributed by atoms with Crippen molar-refractivity contribution in [2.24, 2.45) is 5.92 Å². The van der Waals surface area contributed by atoms with Crippen LogP contribution >= 0.6 is 11.3 Å². The first-order chi connectivity index (χ1) is 22.4. The zero-order valence-corrected chi connectivity index (χ0v) is 29.3. The van der Waals surface area contributed by atoms with Crippen molar-refractivity contribution in [3.05, 3.63) is 47.4 Å². The maximum atomic E-state index is 13.9. The van der Waals surface area contributed by atoms with Gasteiger partial charge in [-0.3, -0.25) is 19.5 Å². The Morgan fingerprint density at radius 3 is 2.55 bits per heavy atom. The Labute approximate surface area is 280 Å². The predicted octanol–water partition coefficient (Wildman–Crippen LogP) is 7.04. The quantitative estimate of drug-likeness (QED) is 0.235. The molecule has 3 atom stereocenters. The highest BCUT2D eigenvalue weighted by Gasteiger charge is 2.44. The number of nitrogens with one attached hydrogen (secondary N) is 1. The molecular weight excluding hydrogens is 611 g/mol. The van der Waals surface area contributed by atoms with Gasteiger partial charge in [0.05, 0.1) is 44.9 Å². The molecule has 1 unspecified atom stereocenters. The number of carbonyl (C=O) groups is 2. The first-order valence-corrected chi connectivity index (χ1v) is 17.9. The lowest BCUT2D eigenvalue weighted by atomic mass is 9.74. The van der Waals surface area contributed by atoms with Crippen LogP contribution in [0.15, 0.2) is 36.8 Å². The summed E-state index contributed by atoms with van der Waals surface area (Å²) in [5.41, 5.74) is 3.36. The van der Waals surface area contributed by atoms with Gasteiger partial charge < -0.3 is 15.0 Å². The summed E-state index contributed by atoms with van der Waals surface area (Å²) in [6.07, 6.45) is 11.7. The molecule has 7 rings (SSSR count). The van der Waals surface area contributed by atoms with Gasteiger partial charge in [-0.1, -0.05) is 13.0 Å². The topological polar surface area (TPSA) is 105 Å². The molecule has 3 fully saturated rings. The van der Waals surface area contributed by atoms with Crippen LogP contribution in [0.5, 0.6) is 0 Å². The number of ether oxygens (including phenoxy) is 1. The highest BCUT2D eigenvalue weighted by molar-refractivity contribution is 7.18. The number of rotatable bonds is 4. The third-order valence-corrected chi connectivity index (χ3v) is 12.1. The summed E-state index contributed by atoms with van der Waals surface area (Å²) in [6.45, 7) is 12.6. The van der Waals surface area contributed by atoms with E-state index in [1.54, 1.807) is 34.8 Å². The summed E-state index contributed by atoms with van der Waals surface area (Å²) in [7, 11) is 2.23. The second-order valence-corrected chi connectivity index (χ2v) is 16.3. The average Bonchev–Trinajstić information content (AvgIpc) is 3.68. The molecule has 11 heteroatoms. The molecule has 250 valence electrons. The molecule has 1 N–H and O–H groups in total. The number of anilines is 1. The second kappa shape index (κ2) is 12.2. The molecule has 1 aromatic carbocycles. The monoisotopic (exact) mass is 657 g/mol. The largest absolute Gasteiger partial charge is 0.356 e. The number of carbonyl (C=O) groups excluding carboxylic acids is 2. The number of likely N-dealkylation sites (tertiary alicyclic amines) is 2. The molecule has 3 aliphatic heterocycles. The van der Waals surface area contributed by atoms with Crippen molar-refractivity contribution in [1.82, 2.24) is 29.5 Å². The first kappa shape index (κ1) is 32.2. The normalized spacial score (nSPS) is 25.3. The molecule has 0 saturated carbocycles. The van der Waals surface area contributed by atoms with E-state index in [-0.39, 0.29) is 23.3 Å². The number of fused-ring (bicyclic) bond motifs is 2. The van der Waals surface area contributed by atoms with Crippen molar-refractivity contribution in [1.29, 1.82) is 0 Å². The van der Waals surface area contributed by atoms with Gasteiger partial charge in [0.25, 0.3) is 0 Å². The number of pyridine rings is 1. The van der Waals surface area contributed by atoms with E-state index in [2.05, 4.69) is 80.2 Å². The average molecular weight is 658 g/mol. The predicted molar refractivity (Wildman–Crippen MR) is 185 cm³/mol. The molecule has 47 heavy (non-hydrogen) atoms. The van der Waals surface area contributed by atoms with Crippen molar-refractivity contribution in [2.45, 2.75) is 109 Å². The van der Waals surface area contributed by atoms with Gasteiger partial charge in [-0.15, -0.1) is 11.3 Å². The summed E-state index contributed by atoms with van der Waals surface area (Å²) in [5, 5.41) is 9.43. The minimum atomic E-state index is -0.666. The Kier molecular flexibility index (Phi) is 8.37. The molecule has 0 radical (unpaired) electrons. The van der Waals surface area contributed by atoms with Gasteiger partial charge in [-0.25, -0.2) is 9.67 Å². The SMILES string of the molecule is C[C@H]1CC[C@H](c2ccc3sc(C4CC(C)(C)N(C)C(C)(C)C4)nc3c2)N(C(=O)C(=O)Nc2cncc3cnn(C4CCCCO4)c23)C1. The van der Waals surface area contributed by atoms with Crippen molar-refractivity contribution in [2.75, 3.05) is 25.5 Å². The van der Waals surface area contributed by atoms with Crippen molar-refractivity contribution in [3.63, 3.8) is 0 Å². The molecule has 2 amide bonds. The molecule has 6 heterocycles. The zero-order chi connectivity index (χ0) is 33.1. The minimum absolute atomic E-state index is 0.0838. The van der Waals surface area contributed by atoms with Crippen LogP contribution in [-0.4, -0.2) is 72.6 Å². The van der Waals surface area contributed by atoms with Gasteiger partial charge in [0.15, 0.2) is 6.23 Å². The minimum Gasteiger partial charge on any atom is -0.356 e. The van der Waals surface area contributed by atoms with Crippen LogP contribution in [0.4, 0.5) is 5.69 Å². The van der Waals surface area contributed by atoms with Gasteiger partial charge in [-0.2, -0.15) is 5.10 Å². The standard InChI is InChI=1S/C36H47N7O3S/c1-22-10-12-28(23-11-13-29-26(15-23)40-33(47-29)24-16-35(2,3)41(6)36(4,5)17-24)42(21-22)34(45)32(44)39-27-20-37-18-25-19-38-43(31(25)27)30-9-7-8-14-46-30/h11,13,15,18-20,22,24,28,30H,7-10,12,14,16-17,21H2,1-6H3,(H,39,44)/t22-,28+,30?/m0/s1.